The standard InChI is InChI=1S/C18H25NO4/c1-3-19(12-15(20)14-7-5-13(2)6-8-14)16(21)11-18(17(22)23)9-4-10-18/h5-8,15,20H,3-4,9-12H2,1-2H3,(H,22,23). The fraction of sp³-hybridized carbons (Fsp3) is 0.556. The molecule has 0 bridgehead atoms. The Labute approximate surface area is 136 Å². The highest BCUT2D eigenvalue weighted by Crippen LogP contribution is 2.44. The molecule has 2 rings (SSSR count). The lowest BCUT2D eigenvalue weighted by molar-refractivity contribution is -0.159. The summed E-state index contributed by atoms with van der Waals surface area (Å²) in [6.45, 7) is 4.46. The maximum atomic E-state index is 12.5. The first-order chi connectivity index (χ1) is 10.9. The van der Waals surface area contributed by atoms with Crippen LogP contribution in [0.15, 0.2) is 24.3 Å². The number of carboxylic acids is 1. The summed E-state index contributed by atoms with van der Waals surface area (Å²) in [5.41, 5.74) is 0.982. The van der Waals surface area contributed by atoms with Crippen molar-refractivity contribution >= 4 is 11.9 Å². The van der Waals surface area contributed by atoms with E-state index in [0.717, 1.165) is 17.5 Å². The summed E-state index contributed by atoms with van der Waals surface area (Å²) in [5.74, 6) is -1.08. The van der Waals surface area contributed by atoms with Crippen molar-refractivity contribution in [3.05, 3.63) is 35.4 Å². The zero-order valence-electron chi connectivity index (χ0n) is 13.8. The van der Waals surface area contributed by atoms with Crippen molar-refractivity contribution < 1.29 is 19.8 Å². The number of carbonyl (C=O) groups excluding carboxylic acids is 1. The van der Waals surface area contributed by atoms with Gasteiger partial charge in [-0.05, 0) is 32.3 Å². The summed E-state index contributed by atoms with van der Waals surface area (Å²) in [7, 11) is 0. The van der Waals surface area contributed by atoms with Crippen LogP contribution in [-0.2, 0) is 9.59 Å². The van der Waals surface area contributed by atoms with Crippen molar-refractivity contribution in [2.45, 2.75) is 45.6 Å². The van der Waals surface area contributed by atoms with Gasteiger partial charge < -0.3 is 15.1 Å². The van der Waals surface area contributed by atoms with Gasteiger partial charge in [-0.15, -0.1) is 0 Å². The van der Waals surface area contributed by atoms with Gasteiger partial charge in [0.25, 0.3) is 0 Å². The third-order valence-electron chi connectivity index (χ3n) is 4.84. The number of carbonyl (C=O) groups is 2. The van der Waals surface area contributed by atoms with E-state index in [0.29, 0.717) is 19.4 Å². The first-order valence-electron chi connectivity index (χ1n) is 8.14. The number of aliphatic hydroxyl groups is 1. The van der Waals surface area contributed by atoms with Crippen LogP contribution in [0.25, 0.3) is 0 Å². The van der Waals surface area contributed by atoms with Crippen molar-refractivity contribution in [1.29, 1.82) is 0 Å². The molecule has 1 amide bonds. The van der Waals surface area contributed by atoms with Crippen LogP contribution >= 0.6 is 0 Å². The quantitative estimate of drug-likeness (QED) is 0.809. The molecular weight excluding hydrogens is 294 g/mol. The van der Waals surface area contributed by atoms with Gasteiger partial charge in [0.1, 0.15) is 0 Å². The molecule has 1 aliphatic carbocycles. The maximum absolute atomic E-state index is 12.5. The number of aliphatic carboxylic acids is 1. The van der Waals surface area contributed by atoms with E-state index in [1.54, 1.807) is 4.90 Å². The highest BCUT2D eigenvalue weighted by molar-refractivity contribution is 5.85. The molecule has 0 aromatic heterocycles. The van der Waals surface area contributed by atoms with Gasteiger partial charge in [-0.25, -0.2) is 0 Å². The highest BCUT2D eigenvalue weighted by atomic mass is 16.4. The normalized spacial score (nSPS) is 17.2. The Morgan fingerprint density at radius 3 is 2.30 bits per heavy atom. The second-order valence-electron chi connectivity index (χ2n) is 6.47. The number of aliphatic hydroxyl groups excluding tert-OH is 1. The molecule has 5 heteroatoms. The predicted molar refractivity (Wildman–Crippen MR) is 86.9 cm³/mol. The first-order valence-corrected chi connectivity index (χ1v) is 8.14. The molecular formula is C18H25NO4. The summed E-state index contributed by atoms with van der Waals surface area (Å²) in [5, 5.41) is 19.7. The SMILES string of the molecule is CCN(CC(O)c1ccc(C)cc1)C(=O)CC1(C(=O)O)CCC1. The number of hydrogen-bond acceptors (Lipinski definition) is 3. The monoisotopic (exact) mass is 319 g/mol. The molecule has 0 aliphatic heterocycles. The molecule has 0 spiro atoms. The van der Waals surface area contributed by atoms with Gasteiger partial charge in [0.05, 0.1) is 18.1 Å². The molecule has 1 saturated carbocycles. The van der Waals surface area contributed by atoms with Crippen molar-refractivity contribution in [2.75, 3.05) is 13.1 Å². The van der Waals surface area contributed by atoms with Crippen LogP contribution in [0.3, 0.4) is 0 Å². The summed E-state index contributed by atoms with van der Waals surface area (Å²) in [4.78, 5) is 25.4. The van der Waals surface area contributed by atoms with Crippen LogP contribution in [0, 0.1) is 12.3 Å². The number of nitrogens with zero attached hydrogens (tertiary/aromatic N) is 1. The molecule has 1 aromatic carbocycles. The van der Waals surface area contributed by atoms with Gasteiger partial charge in [-0.2, -0.15) is 0 Å². The van der Waals surface area contributed by atoms with Crippen LogP contribution in [-0.4, -0.2) is 40.1 Å². The number of likely N-dealkylation sites (N-methyl/N-ethyl adjacent to an activating group) is 1. The largest absolute Gasteiger partial charge is 0.481 e. The predicted octanol–water partition coefficient (Wildman–Crippen LogP) is 2.52. The van der Waals surface area contributed by atoms with Crippen molar-refractivity contribution in [1.82, 2.24) is 4.90 Å². The minimum Gasteiger partial charge on any atom is -0.481 e. The van der Waals surface area contributed by atoms with Crippen LogP contribution < -0.4 is 0 Å². The Morgan fingerprint density at radius 1 is 1.26 bits per heavy atom. The summed E-state index contributed by atoms with van der Waals surface area (Å²) in [6, 6.07) is 7.54. The van der Waals surface area contributed by atoms with E-state index in [1.807, 2.05) is 38.1 Å². The second-order valence-corrected chi connectivity index (χ2v) is 6.47. The van der Waals surface area contributed by atoms with Crippen LogP contribution in [0.5, 0.6) is 0 Å². The van der Waals surface area contributed by atoms with Crippen LogP contribution in [0.2, 0.25) is 0 Å². The molecule has 23 heavy (non-hydrogen) atoms. The zero-order chi connectivity index (χ0) is 17.0. The van der Waals surface area contributed by atoms with E-state index in [2.05, 4.69) is 0 Å². The molecule has 0 radical (unpaired) electrons. The van der Waals surface area contributed by atoms with Crippen LogP contribution in [0.4, 0.5) is 0 Å². The Morgan fingerprint density at radius 2 is 1.87 bits per heavy atom. The van der Waals surface area contributed by atoms with Crippen molar-refractivity contribution in [3.63, 3.8) is 0 Å². The van der Waals surface area contributed by atoms with E-state index in [-0.39, 0.29) is 18.9 Å². The zero-order valence-corrected chi connectivity index (χ0v) is 13.8. The lowest BCUT2D eigenvalue weighted by atomic mass is 9.66. The van der Waals surface area contributed by atoms with Crippen molar-refractivity contribution in [2.24, 2.45) is 5.41 Å². The fourth-order valence-electron chi connectivity index (χ4n) is 2.98. The topological polar surface area (TPSA) is 77.8 Å². The molecule has 0 saturated heterocycles. The number of amides is 1. The number of carboxylic acid groups (broad SMARTS) is 1. The maximum Gasteiger partial charge on any atom is 0.310 e. The molecule has 5 nitrogen and oxygen atoms in total. The Balaban J connectivity index is 2.00. The van der Waals surface area contributed by atoms with E-state index < -0.39 is 17.5 Å². The summed E-state index contributed by atoms with van der Waals surface area (Å²) >= 11 is 0. The number of hydrogen-bond donors (Lipinski definition) is 2. The molecule has 1 unspecified atom stereocenters. The van der Waals surface area contributed by atoms with E-state index >= 15 is 0 Å². The van der Waals surface area contributed by atoms with Gasteiger partial charge in [0, 0.05) is 13.0 Å². The molecule has 1 fully saturated rings. The molecule has 0 heterocycles. The van der Waals surface area contributed by atoms with Crippen molar-refractivity contribution in [3.8, 4) is 0 Å². The average molecular weight is 319 g/mol. The molecule has 1 aliphatic rings. The third-order valence-corrected chi connectivity index (χ3v) is 4.84. The van der Waals surface area contributed by atoms with E-state index in [9.17, 15) is 19.8 Å². The lowest BCUT2D eigenvalue weighted by Gasteiger charge is -2.38. The first kappa shape index (κ1) is 17.5. The van der Waals surface area contributed by atoms with Gasteiger partial charge in [-0.3, -0.25) is 9.59 Å². The smallest absolute Gasteiger partial charge is 0.310 e. The van der Waals surface area contributed by atoms with Gasteiger partial charge in [-0.1, -0.05) is 36.2 Å². The van der Waals surface area contributed by atoms with Crippen LogP contribution in [0.1, 0.15) is 49.8 Å². The summed E-state index contributed by atoms with van der Waals surface area (Å²) in [6.07, 6.45) is 1.24. The minimum absolute atomic E-state index is 0.0246. The lowest BCUT2D eigenvalue weighted by Crippen LogP contribution is -2.44. The molecule has 2 N–H and O–H groups in total. The van der Waals surface area contributed by atoms with Gasteiger partial charge in [0.2, 0.25) is 5.91 Å². The second kappa shape index (κ2) is 7.13. The van der Waals surface area contributed by atoms with Gasteiger partial charge >= 0.3 is 5.97 Å². The Hall–Kier alpha value is -1.88. The third kappa shape index (κ3) is 3.91. The number of benzene rings is 1. The van der Waals surface area contributed by atoms with E-state index in [4.69, 9.17) is 0 Å². The van der Waals surface area contributed by atoms with E-state index in [1.165, 1.54) is 0 Å². The molecule has 1 atom stereocenters. The highest BCUT2D eigenvalue weighted by Gasteiger charge is 2.46. The summed E-state index contributed by atoms with van der Waals surface area (Å²) < 4.78 is 0. The Kier molecular flexibility index (Phi) is 5.42. The van der Waals surface area contributed by atoms with Gasteiger partial charge in [0.15, 0.2) is 0 Å². The fourth-order valence-corrected chi connectivity index (χ4v) is 2.98. The molecule has 126 valence electrons. The minimum atomic E-state index is -0.890. The number of rotatable bonds is 7. The average Bonchev–Trinajstić information content (AvgIpc) is 2.48. The molecule has 1 aromatic rings. The Bertz CT molecular complexity index is 563. The number of aryl methyl sites for hydroxylation is 1.